The number of hydrogen-bond acceptors (Lipinski definition) is 4. The first kappa shape index (κ1) is 16.0. The quantitative estimate of drug-likeness (QED) is 0.738. The summed E-state index contributed by atoms with van der Waals surface area (Å²) < 4.78 is 0. The summed E-state index contributed by atoms with van der Waals surface area (Å²) in [5.74, 6) is 0.505. The molecular weight excluding hydrogens is 324 g/mol. The second kappa shape index (κ2) is 7.10. The molecule has 0 unspecified atom stereocenters. The lowest BCUT2D eigenvalue weighted by molar-refractivity contribution is 0.102. The first-order chi connectivity index (χ1) is 11.6. The van der Waals surface area contributed by atoms with Crippen LogP contribution in [0.1, 0.15) is 16.1 Å². The lowest BCUT2D eigenvalue weighted by Gasteiger charge is -2.09. The zero-order valence-corrected chi connectivity index (χ0v) is 13.7. The van der Waals surface area contributed by atoms with Gasteiger partial charge in [0.05, 0.1) is 0 Å². The summed E-state index contributed by atoms with van der Waals surface area (Å²) in [5.41, 5.74) is 2.93. The molecule has 1 amide bonds. The van der Waals surface area contributed by atoms with Crippen molar-refractivity contribution in [2.75, 3.05) is 10.6 Å². The van der Waals surface area contributed by atoms with Crippen molar-refractivity contribution in [2.45, 2.75) is 6.92 Å². The molecule has 0 aliphatic carbocycles. The summed E-state index contributed by atoms with van der Waals surface area (Å²) >= 11 is 5.84. The molecule has 0 fully saturated rings. The van der Waals surface area contributed by atoms with Gasteiger partial charge in [-0.15, -0.1) is 0 Å². The molecule has 24 heavy (non-hydrogen) atoms. The van der Waals surface area contributed by atoms with E-state index in [0.717, 1.165) is 11.4 Å². The van der Waals surface area contributed by atoms with Crippen LogP contribution in [0.3, 0.4) is 0 Å². The van der Waals surface area contributed by atoms with Crippen LogP contribution in [0.25, 0.3) is 0 Å². The number of nitrogens with zero attached hydrogens (tertiary/aromatic N) is 2. The Bertz CT molecular complexity index is 865. The number of benzene rings is 2. The van der Waals surface area contributed by atoms with Crippen LogP contribution in [0, 0.1) is 6.92 Å². The van der Waals surface area contributed by atoms with Crippen LogP contribution >= 0.6 is 11.6 Å². The molecular formula is C18H15ClN4O. The highest BCUT2D eigenvalue weighted by Gasteiger charge is 2.06. The van der Waals surface area contributed by atoms with Crippen LogP contribution in [-0.4, -0.2) is 15.9 Å². The zero-order valence-electron chi connectivity index (χ0n) is 13.0. The number of carbonyl (C=O) groups is 1. The molecule has 120 valence electrons. The van der Waals surface area contributed by atoms with Gasteiger partial charge in [-0.1, -0.05) is 17.7 Å². The van der Waals surface area contributed by atoms with E-state index < -0.39 is 0 Å². The first-order valence-electron chi connectivity index (χ1n) is 7.33. The van der Waals surface area contributed by atoms with Crippen molar-refractivity contribution in [2.24, 2.45) is 0 Å². The molecule has 1 aromatic heterocycles. The second-order valence-corrected chi connectivity index (χ2v) is 5.65. The molecule has 0 saturated heterocycles. The van der Waals surface area contributed by atoms with Crippen molar-refractivity contribution in [1.29, 1.82) is 0 Å². The maximum absolute atomic E-state index is 12.2. The summed E-state index contributed by atoms with van der Waals surface area (Å²) in [5, 5.41) is 6.64. The Morgan fingerprint density at radius 2 is 1.75 bits per heavy atom. The van der Waals surface area contributed by atoms with Gasteiger partial charge in [0.15, 0.2) is 0 Å². The standard InChI is InChI=1S/C18H15ClN4O/c1-12-9-17(21-11-20-12)22-15-3-2-4-16(10-15)23-18(24)13-5-7-14(19)8-6-13/h2-11H,1H3,(H,23,24)(H,20,21,22). The Morgan fingerprint density at radius 1 is 1.00 bits per heavy atom. The molecule has 3 aromatic rings. The van der Waals surface area contributed by atoms with Gasteiger partial charge in [0, 0.05) is 33.7 Å². The van der Waals surface area contributed by atoms with Gasteiger partial charge in [-0.2, -0.15) is 0 Å². The van der Waals surface area contributed by atoms with Gasteiger partial charge in [0.2, 0.25) is 0 Å². The Kier molecular flexibility index (Phi) is 4.72. The third kappa shape index (κ3) is 4.08. The molecule has 0 atom stereocenters. The van der Waals surface area contributed by atoms with Gasteiger partial charge < -0.3 is 10.6 Å². The zero-order chi connectivity index (χ0) is 16.9. The van der Waals surface area contributed by atoms with Crippen LogP contribution in [0.4, 0.5) is 17.2 Å². The van der Waals surface area contributed by atoms with Crippen LogP contribution in [-0.2, 0) is 0 Å². The molecule has 2 N–H and O–H groups in total. The molecule has 0 spiro atoms. The van der Waals surface area contributed by atoms with Gasteiger partial charge in [0.25, 0.3) is 5.91 Å². The fourth-order valence-electron chi connectivity index (χ4n) is 2.15. The number of rotatable bonds is 4. The predicted octanol–water partition coefficient (Wildman–Crippen LogP) is 4.43. The number of nitrogens with one attached hydrogen (secondary N) is 2. The van der Waals surface area contributed by atoms with Crippen molar-refractivity contribution in [1.82, 2.24) is 9.97 Å². The topological polar surface area (TPSA) is 66.9 Å². The fourth-order valence-corrected chi connectivity index (χ4v) is 2.28. The Balaban J connectivity index is 1.73. The number of aromatic nitrogens is 2. The Labute approximate surface area is 144 Å². The Morgan fingerprint density at radius 3 is 2.50 bits per heavy atom. The van der Waals surface area contributed by atoms with E-state index in [4.69, 9.17) is 11.6 Å². The molecule has 0 saturated carbocycles. The van der Waals surface area contributed by atoms with E-state index in [1.807, 2.05) is 37.3 Å². The van der Waals surface area contributed by atoms with Crippen molar-refractivity contribution >= 4 is 34.7 Å². The summed E-state index contributed by atoms with van der Waals surface area (Å²) in [6, 6.07) is 16.0. The SMILES string of the molecule is Cc1cc(Nc2cccc(NC(=O)c3ccc(Cl)cc3)c2)ncn1. The van der Waals surface area contributed by atoms with Crippen molar-refractivity contribution in [3.8, 4) is 0 Å². The summed E-state index contributed by atoms with van der Waals surface area (Å²) in [6.07, 6.45) is 1.50. The van der Waals surface area contributed by atoms with E-state index >= 15 is 0 Å². The second-order valence-electron chi connectivity index (χ2n) is 5.21. The van der Waals surface area contributed by atoms with Gasteiger partial charge in [-0.05, 0) is 49.4 Å². The van der Waals surface area contributed by atoms with Crippen LogP contribution in [0.2, 0.25) is 5.02 Å². The molecule has 5 nitrogen and oxygen atoms in total. The highest BCUT2D eigenvalue weighted by Crippen LogP contribution is 2.20. The third-order valence-corrected chi connectivity index (χ3v) is 3.56. The Hall–Kier alpha value is -2.92. The molecule has 6 heteroatoms. The van der Waals surface area contributed by atoms with Crippen molar-refractivity contribution < 1.29 is 4.79 Å². The monoisotopic (exact) mass is 338 g/mol. The summed E-state index contributed by atoms with van der Waals surface area (Å²) in [7, 11) is 0. The first-order valence-corrected chi connectivity index (χ1v) is 7.70. The smallest absolute Gasteiger partial charge is 0.255 e. The average molecular weight is 339 g/mol. The van der Waals surface area contributed by atoms with Crippen LogP contribution in [0.5, 0.6) is 0 Å². The molecule has 1 heterocycles. The van der Waals surface area contributed by atoms with Crippen LogP contribution < -0.4 is 10.6 Å². The van der Waals surface area contributed by atoms with Gasteiger partial charge >= 0.3 is 0 Å². The number of amides is 1. The highest BCUT2D eigenvalue weighted by molar-refractivity contribution is 6.30. The van der Waals surface area contributed by atoms with Crippen molar-refractivity contribution in [3.05, 3.63) is 77.2 Å². The summed E-state index contributed by atoms with van der Waals surface area (Å²) in [6.45, 7) is 1.90. The fraction of sp³-hybridized carbons (Fsp3) is 0.0556. The highest BCUT2D eigenvalue weighted by atomic mass is 35.5. The van der Waals surface area contributed by atoms with E-state index in [1.54, 1.807) is 24.3 Å². The maximum atomic E-state index is 12.2. The third-order valence-electron chi connectivity index (χ3n) is 3.30. The van der Waals surface area contributed by atoms with E-state index in [-0.39, 0.29) is 5.91 Å². The number of hydrogen-bond donors (Lipinski definition) is 2. The molecule has 0 bridgehead atoms. The summed E-state index contributed by atoms with van der Waals surface area (Å²) in [4.78, 5) is 20.5. The molecule has 0 aliphatic rings. The van der Waals surface area contributed by atoms with Crippen molar-refractivity contribution in [3.63, 3.8) is 0 Å². The maximum Gasteiger partial charge on any atom is 0.255 e. The molecule has 2 aromatic carbocycles. The molecule has 0 radical (unpaired) electrons. The van der Waals surface area contributed by atoms with E-state index in [9.17, 15) is 4.79 Å². The molecule has 3 rings (SSSR count). The predicted molar refractivity (Wildman–Crippen MR) is 95.9 cm³/mol. The van der Waals surface area contributed by atoms with E-state index in [2.05, 4.69) is 20.6 Å². The van der Waals surface area contributed by atoms with E-state index in [0.29, 0.717) is 22.1 Å². The number of halogens is 1. The number of aryl methyl sites for hydroxylation is 1. The minimum atomic E-state index is -0.193. The van der Waals surface area contributed by atoms with Gasteiger partial charge in [0.1, 0.15) is 12.1 Å². The largest absolute Gasteiger partial charge is 0.340 e. The van der Waals surface area contributed by atoms with E-state index in [1.165, 1.54) is 6.33 Å². The lowest BCUT2D eigenvalue weighted by atomic mass is 10.2. The average Bonchev–Trinajstić information content (AvgIpc) is 2.56. The minimum absolute atomic E-state index is 0.193. The normalized spacial score (nSPS) is 10.2. The van der Waals surface area contributed by atoms with Gasteiger partial charge in [-0.3, -0.25) is 4.79 Å². The van der Waals surface area contributed by atoms with Gasteiger partial charge in [-0.25, -0.2) is 9.97 Å². The number of carbonyl (C=O) groups excluding carboxylic acids is 1. The lowest BCUT2D eigenvalue weighted by Crippen LogP contribution is -2.11. The number of anilines is 3. The minimum Gasteiger partial charge on any atom is -0.340 e. The van der Waals surface area contributed by atoms with Crippen LogP contribution in [0.15, 0.2) is 60.9 Å². The molecule has 0 aliphatic heterocycles.